The summed E-state index contributed by atoms with van der Waals surface area (Å²) in [5.74, 6) is -12.5. The van der Waals surface area contributed by atoms with Crippen LogP contribution in [-0.2, 0) is 49.6 Å². The van der Waals surface area contributed by atoms with E-state index in [-0.39, 0.29) is 92.2 Å². The second-order valence-corrected chi connectivity index (χ2v) is 30.4. The van der Waals surface area contributed by atoms with Crippen LogP contribution in [0.4, 0.5) is 4.79 Å². The molecule has 16 rings (SSSR count). The van der Waals surface area contributed by atoms with Gasteiger partial charge in [-0.15, -0.1) is 0 Å². The zero-order chi connectivity index (χ0) is 79.1. The smallest absolute Gasteiger partial charge is 0.321 e. The van der Waals surface area contributed by atoms with E-state index < -0.39 is 192 Å². The number of fused-ring (bicyclic) bond motifs is 15. The third kappa shape index (κ3) is 16.7. The molecule has 1 unspecified atom stereocenters. The van der Waals surface area contributed by atoms with E-state index in [1.165, 1.54) is 50.4 Å². The number of hydrogen-bond donors (Lipinski definition) is 19. The van der Waals surface area contributed by atoms with Gasteiger partial charge in [-0.1, -0.05) is 74.0 Å². The molecule has 6 heterocycles. The molecule has 14 atom stereocenters. The number of carbonyl (C=O) groups excluding carboxylic acids is 9. The summed E-state index contributed by atoms with van der Waals surface area (Å²) in [7, 11) is 1.50. The third-order valence-electron chi connectivity index (χ3n) is 21.8. The standard InChI is InChI=1S/C78H88ClN11O21/c1-32(2)16-47(81-4)70(100)89-62-64(95)38-11-14-51(33(3)17-38)108-53-25-42-26-54(69(53)111-77-68(99)67(98)66(97)55(30-80)110-77)109-52-15-12-39(24-46(52)79)65(96)63-76(106)88-61(74(104)85-58-40-19-35-18-36(21-40)22-41(58)20-35)45-27-43(91)28-50(93)57(45)44-23-37(10-13-49(44)92)59(72(102)90-63)87-73(103)60(42)86-71(101)48(83-75(62)105)29-56(94)84-78(107)82-31-34-8-6-5-7-9-34/h5-15,17,23-28,32,35-36,40-41,47-48,55,58-68,77,81,91-93,95-99H,16,18-22,29-31,80H2,1-4H3,(H,83,105)(H,85,104)(H,86,101)(H,87,103)(H,88,106)(H,89,100)(H,90,102)(H2,82,84,94,107)/t35?,36?,40?,41?,47-,48+,55-,58?,59-,60?,61+,62-,63+,64-,65-,66-,67+,68-,77+/m1/s1. The fraction of sp³-hybridized carbons (Fsp3) is 0.423. The summed E-state index contributed by atoms with van der Waals surface area (Å²) >= 11 is 7.17. The summed E-state index contributed by atoms with van der Waals surface area (Å²) in [6.45, 7) is 4.67. The molecule has 15 bridgehead atoms. The van der Waals surface area contributed by atoms with Gasteiger partial charge in [-0.3, -0.25) is 43.7 Å². The van der Waals surface area contributed by atoms with E-state index in [1.807, 2.05) is 13.8 Å². The number of ether oxygens (including phenoxy) is 4. The Balaban J connectivity index is 0.997. The predicted molar refractivity (Wildman–Crippen MR) is 394 cm³/mol. The Hall–Kier alpha value is -10.7. The van der Waals surface area contributed by atoms with Crippen LogP contribution < -0.4 is 73.1 Å². The van der Waals surface area contributed by atoms with Gasteiger partial charge in [-0.25, -0.2) is 4.79 Å². The van der Waals surface area contributed by atoms with Gasteiger partial charge in [0, 0.05) is 36.3 Å². The number of benzene rings is 6. The largest absolute Gasteiger partial charge is 0.508 e. The molecule has 0 spiro atoms. The van der Waals surface area contributed by atoms with Gasteiger partial charge in [0.15, 0.2) is 11.5 Å². The van der Waals surface area contributed by atoms with Crippen molar-refractivity contribution in [3.63, 3.8) is 0 Å². The quantitative estimate of drug-likeness (QED) is 0.0745. The van der Waals surface area contributed by atoms with Gasteiger partial charge in [-0.2, -0.15) is 0 Å². The normalized spacial score (nSPS) is 28.5. The van der Waals surface area contributed by atoms with E-state index >= 15 is 28.8 Å². The molecule has 6 aromatic rings. The van der Waals surface area contributed by atoms with E-state index in [4.69, 9.17) is 36.3 Å². The lowest BCUT2D eigenvalue weighted by atomic mass is 9.54. The Kier molecular flexibility index (Phi) is 23.1. The number of urea groups is 1. The van der Waals surface area contributed by atoms with Crippen molar-refractivity contribution in [3.8, 4) is 57.1 Å². The molecule has 4 aliphatic carbocycles. The van der Waals surface area contributed by atoms with Gasteiger partial charge >= 0.3 is 6.03 Å². The van der Waals surface area contributed by atoms with Gasteiger partial charge < -0.3 is 113 Å². The highest BCUT2D eigenvalue weighted by Crippen LogP contribution is 2.55. The highest BCUT2D eigenvalue weighted by molar-refractivity contribution is 6.32. The first-order valence-corrected chi connectivity index (χ1v) is 37.1. The number of nitrogens with two attached hydrogens (primary N) is 1. The summed E-state index contributed by atoms with van der Waals surface area (Å²) in [4.78, 5) is 137. The predicted octanol–water partition coefficient (Wildman–Crippen LogP) is 2.89. The van der Waals surface area contributed by atoms with Crippen LogP contribution in [0, 0.1) is 36.5 Å². The van der Waals surface area contributed by atoms with Crippen molar-refractivity contribution < 1.29 is 103 Å². The average molecular weight is 1550 g/mol. The van der Waals surface area contributed by atoms with Crippen LogP contribution >= 0.6 is 11.6 Å². The summed E-state index contributed by atoms with van der Waals surface area (Å²) in [6.07, 6.45) is -9.82. The zero-order valence-electron chi connectivity index (χ0n) is 60.6. The minimum atomic E-state index is -2.32. The van der Waals surface area contributed by atoms with Crippen molar-refractivity contribution in [1.29, 1.82) is 0 Å². The highest BCUT2D eigenvalue weighted by Gasteiger charge is 2.51. The summed E-state index contributed by atoms with van der Waals surface area (Å²) < 4.78 is 25.8. The zero-order valence-corrected chi connectivity index (χ0v) is 61.4. The summed E-state index contributed by atoms with van der Waals surface area (Å²) in [5.41, 5.74) is 4.93. The van der Waals surface area contributed by atoms with E-state index in [9.17, 15) is 55.2 Å². The lowest BCUT2D eigenvalue weighted by molar-refractivity contribution is -0.270. The SMILES string of the molecule is CN[C@H](CC(C)C)C(=O)N[C@H]1C(=O)N[C@@H](CC(=O)NC(=O)NCc2ccccc2)C(=O)NC2C(=O)N[C@H]3C(=O)N[C@H](C(=O)N[C@H](C(=O)NC4C5CC6CC(C5)CC4C6)c4cc(O)cc(O)c4-c4cc3ccc4O)[C@H](O)c3ccc(c(Cl)c3)Oc3cc2cc(c3O[C@@H]2O[C@H](CN)[C@@H](O)[C@H](O)[C@H]2O)Oc2ccc(cc2C)[C@H]1O. The Morgan fingerprint density at radius 1 is 0.640 bits per heavy atom. The van der Waals surface area contributed by atoms with Crippen molar-refractivity contribution in [2.75, 3.05) is 13.6 Å². The van der Waals surface area contributed by atoms with Crippen LogP contribution in [0.2, 0.25) is 5.02 Å². The van der Waals surface area contributed by atoms with Crippen LogP contribution in [0.3, 0.4) is 0 Å². The first-order chi connectivity index (χ1) is 53.0. The molecule has 32 nitrogen and oxygen atoms in total. The fourth-order valence-electron chi connectivity index (χ4n) is 16.4. The molecular formula is C78H88ClN11O21. The topological polar surface area (TPSA) is 499 Å². The second kappa shape index (κ2) is 32.7. The molecule has 33 heteroatoms. The number of phenolic OH excluding ortho intramolecular Hbond substituents is 3. The molecule has 5 fully saturated rings. The van der Waals surface area contributed by atoms with Crippen molar-refractivity contribution in [3.05, 3.63) is 153 Å². The van der Waals surface area contributed by atoms with Crippen LogP contribution in [-0.4, -0.2) is 169 Å². The van der Waals surface area contributed by atoms with Crippen molar-refractivity contribution >= 4 is 64.9 Å². The van der Waals surface area contributed by atoms with Gasteiger partial charge in [0.2, 0.25) is 59.3 Å². The number of aromatic hydroxyl groups is 3. The number of carbonyl (C=O) groups is 9. The minimum absolute atomic E-state index is 0.0320. The van der Waals surface area contributed by atoms with Crippen LogP contribution in [0.15, 0.2) is 109 Å². The first-order valence-electron chi connectivity index (χ1n) is 36.7. The summed E-state index contributed by atoms with van der Waals surface area (Å²) in [6, 6.07) is 8.55. The average Bonchev–Trinajstić information content (AvgIpc) is 0.759. The number of halogens is 1. The Bertz CT molecular complexity index is 4600. The molecule has 588 valence electrons. The monoisotopic (exact) mass is 1550 g/mol. The molecule has 10 amide bonds. The van der Waals surface area contributed by atoms with Crippen molar-refractivity contribution in [1.82, 2.24) is 53.2 Å². The Morgan fingerprint density at radius 2 is 1.28 bits per heavy atom. The number of nitrogens with one attached hydrogen (secondary N) is 10. The Morgan fingerprint density at radius 3 is 1.94 bits per heavy atom. The second-order valence-electron chi connectivity index (χ2n) is 29.9. The number of phenols is 3. The van der Waals surface area contributed by atoms with Gasteiger partial charge in [0.1, 0.15) is 102 Å². The molecule has 6 aliphatic heterocycles. The van der Waals surface area contributed by atoms with E-state index in [0.717, 1.165) is 74.6 Å². The van der Waals surface area contributed by atoms with Crippen LogP contribution in [0.1, 0.15) is 128 Å². The molecular weight excluding hydrogens is 1460 g/mol. The molecule has 111 heavy (non-hydrogen) atoms. The Labute approximate surface area is 640 Å². The van der Waals surface area contributed by atoms with Crippen LogP contribution in [0.5, 0.6) is 46.0 Å². The van der Waals surface area contributed by atoms with Gasteiger partial charge in [0.05, 0.1) is 17.5 Å². The van der Waals surface area contributed by atoms with Crippen molar-refractivity contribution in [2.24, 2.45) is 35.3 Å². The number of hydrogen-bond acceptors (Lipinski definition) is 23. The molecule has 10 aliphatic rings. The van der Waals surface area contributed by atoms with E-state index in [2.05, 4.69) is 53.2 Å². The maximum Gasteiger partial charge on any atom is 0.321 e. The molecule has 20 N–H and O–H groups in total. The summed E-state index contributed by atoms with van der Waals surface area (Å²) in [5, 5.41) is 120. The van der Waals surface area contributed by atoms with Gasteiger partial charge in [-0.05, 0) is 176 Å². The highest BCUT2D eigenvalue weighted by atomic mass is 35.5. The first kappa shape index (κ1) is 78.4. The number of aliphatic hydroxyl groups excluding tert-OH is 5. The van der Waals surface area contributed by atoms with E-state index in [0.29, 0.717) is 17.4 Å². The van der Waals surface area contributed by atoms with Crippen LogP contribution in [0.25, 0.3) is 11.1 Å². The lowest BCUT2D eigenvalue weighted by Crippen LogP contribution is -2.60. The number of likely N-dealkylation sites (N-methyl/N-ethyl adjacent to an activating group) is 1. The number of rotatable bonds is 14. The lowest BCUT2D eigenvalue weighted by Gasteiger charge is -2.54. The maximum atomic E-state index is 16.4. The number of aryl methyl sites for hydroxylation is 1. The van der Waals surface area contributed by atoms with E-state index in [1.54, 1.807) is 30.3 Å². The van der Waals surface area contributed by atoms with Crippen molar-refractivity contribution in [2.45, 2.75) is 164 Å². The number of imide groups is 1. The number of amides is 10. The molecule has 1 saturated heterocycles. The van der Waals surface area contributed by atoms with Gasteiger partial charge in [0.25, 0.3) is 0 Å². The maximum absolute atomic E-state index is 16.4. The number of aliphatic hydroxyl groups is 5. The fourth-order valence-corrected chi connectivity index (χ4v) is 16.6. The minimum Gasteiger partial charge on any atom is -0.508 e. The molecule has 4 saturated carbocycles. The molecule has 0 radical (unpaired) electrons. The molecule has 6 aromatic carbocycles. The molecule has 0 aromatic heterocycles. The third-order valence-corrected chi connectivity index (χ3v) is 22.1.